The maximum Gasteiger partial charge on any atom is 0.336 e. The molecule has 720 valence electrons. The van der Waals surface area contributed by atoms with E-state index in [9.17, 15) is 91.4 Å². The predicted octanol–water partition coefficient (Wildman–Crippen LogP) is 19.0. The van der Waals surface area contributed by atoms with Crippen molar-refractivity contribution in [3.63, 3.8) is 0 Å². The fourth-order valence-corrected chi connectivity index (χ4v) is 14.0. The first-order chi connectivity index (χ1) is 66.3. The Hall–Kier alpha value is -16.2. The smallest absolute Gasteiger partial charge is 0.336 e. The van der Waals surface area contributed by atoms with Gasteiger partial charge in [0.05, 0.1) is 83.9 Å². The van der Waals surface area contributed by atoms with Crippen LogP contribution in [-0.2, 0) is 39.3 Å². The number of carbonyl (C=O) groups is 18. The van der Waals surface area contributed by atoms with Gasteiger partial charge < -0.3 is 67.3 Å². The Bertz CT molecular complexity index is 6780. The second-order valence-corrected chi connectivity index (χ2v) is 32.3. The van der Waals surface area contributed by atoms with E-state index in [2.05, 4.69) is 31.9 Å². The minimum atomic E-state index is -1.19. The lowest BCUT2D eigenvalue weighted by atomic mass is 10.0. The number of rotatable bonds is 31. The molecule has 0 aliphatic heterocycles. The maximum absolute atomic E-state index is 12.3. The minimum absolute atomic E-state index is 0.0298. The number of methoxy groups -OCH3 is 1. The highest BCUT2D eigenvalue weighted by atomic mass is 35.5. The van der Waals surface area contributed by atoms with E-state index in [1.807, 2.05) is 0 Å². The van der Waals surface area contributed by atoms with E-state index in [1.165, 1.54) is 170 Å². The van der Waals surface area contributed by atoms with Gasteiger partial charge in [-0.3, -0.25) is 57.5 Å². The van der Waals surface area contributed by atoms with Crippen LogP contribution in [0.4, 0.5) is 0 Å². The average molecular weight is 2020 g/mol. The number of amides is 6. The zero-order valence-corrected chi connectivity index (χ0v) is 79.7. The number of benzene rings is 12. The van der Waals surface area contributed by atoms with Gasteiger partial charge in [0, 0.05) is 92.7 Å². The maximum atomic E-state index is 12.3. The van der Waals surface area contributed by atoms with E-state index in [-0.39, 0.29) is 178 Å². The molecule has 0 fully saturated rings. The number of carboxylic acid groups (broad SMARTS) is 6. The summed E-state index contributed by atoms with van der Waals surface area (Å²) in [6.45, 7) is 9.38. The van der Waals surface area contributed by atoms with E-state index < -0.39 is 71.3 Å². The molecule has 0 aliphatic rings. The molecule has 0 heterocycles. The Kier molecular flexibility index (Phi) is 42.3. The third-order valence-electron chi connectivity index (χ3n) is 19.9. The van der Waals surface area contributed by atoms with Crippen molar-refractivity contribution in [3.8, 4) is 5.75 Å². The fraction of sp³-hybridized carbons (Fsp3) is 0.126. The molecule has 140 heavy (non-hydrogen) atoms. The molecule has 0 saturated carbocycles. The van der Waals surface area contributed by atoms with Gasteiger partial charge in [0.25, 0.3) is 35.4 Å². The molecule has 0 unspecified atom stereocenters. The molecule has 6 amide bonds. The molecular weight excluding hydrogens is 1930 g/mol. The third kappa shape index (κ3) is 33.1. The normalized spacial score (nSPS) is 10.2. The lowest BCUT2D eigenvalue weighted by Gasteiger charge is -2.10. The van der Waals surface area contributed by atoms with Crippen molar-refractivity contribution in [2.45, 2.75) is 80.8 Å². The van der Waals surface area contributed by atoms with Crippen molar-refractivity contribution in [3.05, 3.63) is 412 Å². The van der Waals surface area contributed by atoms with Crippen LogP contribution >= 0.6 is 69.6 Å². The Morgan fingerprint density at radius 2 is 0.529 bits per heavy atom. The first-order valence-electron chi connectivity index (χ1n) is 41.3. The van der Waals surface area contributed by atoms with Crippen molar-refractivity contribution in [2.24, 2.45) is 0 Å². The van der Waals surface area contributed by atoms with Crippen LogP contribution in [0.15, 0.2) is 249 Å². The number of nitrogens with one attached hydrogen (secondary N) is 6. The van der Waals surface area contributed by atoms with E-state index in [0.717, 1.165) is 22.3 Å². The number of hydrogen-bond acceptors (Lipinski definition) is 19. The van der Waals surface area contributed by atoms with E-state index in [4.69, 9.17) is 99.9 Å². The van der Waals surface area contributed by atoms with Crippen molar-refractivity contribution >= 4 is 176 Å². The van der Waals surface area contributed by atoms with Crippen molar-refractivity contribution < 1.29 is 122 Å². The summed E-state index contributed by atoms with van der Waals surface area (Å²) in [5, 5.41) is 71.2. The van der Waals surface area contributed by atoms with Gasteiger partial charge in [-0.2, -0.15) is 0 Å². The molecule has 12 aromatic carbocycles. The van der Waals surface area contributed by atoms with Gasteiger partial charge in [0.1, 0.15) is 5.75 Å². The predicted molar refractivity (Wildman–Crippen MR) is 523 cm³/mol. The Labute approximate surface area is 829 Å². The zero-order valence-electron chi connectivity index (χ0n) is 75.1. The van der Waals surface area contributed by atoms with Gasteiger partial charge in [0.2, 0.25) is 0 Å². The lowest BCUT2D eigenvalue weighted by Crippen LogP contribution is -2.25. The van der Waals surface area contributed by atoms with Gasteiger partial charge in [-0.15, -0.1) is 0 Å². The van der Waals surface area contributed by atoms with Crippen molar-refractivity contribution in [2.75, 3.05) is 7.11 Å². The number of carbonyl (C=O) groups excluding carboxylic acids is 12. The molecule has 37 heteroatoms. The van der Waals surface area contributed by atoms with Gasteiger partial charge in [0.15, 0.2) is 34.7 Å². The SMILES string of the molecule is CC(=O)c1c(Cl)cccc1C(=O)NCc1ccc(C(=O)O)cc1.CC(=O)c1cc(Cl)ccc1C(=O)NCc1ccc(C(=O)O)cc1.CC(=O)c1ccc(Cl)cc1C(=O)NCc1ccc(C(=O)O)cc1Cl.CC(=O)c1cccc(Cl)c1C(=O)NCc1ccc(C(=O)O)cc1.CC(=O)c1ccccc1C(=O)NCc1ccc(C(=O)O)cc1Cl.COc1ccc(C(=O)O)c(C(=O)NCc2ccc(C(C)=O)cc2)c1. The Morgan fingerprint density at radius 3 is 0.893 bits per heavy atom. The molecule has 12 rings (SSSR count). The number of carboxylic acids is 6. The highest BCUT2D eigenvalue weighted by Gasteiger charge is 2.25. The molecule has 0 spiro atoms. The lowest BCUT2D eigenvalue weighted by molar-refractivity contribution is 0.0683. The van der Waals surface area contributed by atoms with Crippen LogP contribution in [-0.4, -0.2) is 144 Å². The molecule has 0 aliphatic carbocycles. The molecule has 0 saturated heterocycles. The van der Waals surface area contributed by atoms with Crippen molar-refractivity contribution in [1.29, 1.82) is 0 Å². The highest BCUT2D eigenvalue weighted by Crippen LogP contribution is 2.28. The summed E-state index contributed by atoms with van der Waals surface area (Å²) in [5.41, 5.74) is 7.75. The number of halogens is 6. The molecule has 12 aromatic rings. The van der Waals surface area contributed by atoms with E-state index in [1.54, 1.807) is 127 Å². The van der Waals surface area contributed by atoms with Crippen LogP contribution in [0.3, 0.4) is 0 Å². The van der Waals surface area contributed by atoms with E-state index in [0.29, 0.717) is 43.6 Å². The number of ether oxygens (including phenoxy) is 1. The first kappa shape index (κ1) is 111. The monoisotopic (exact) mass is 2020 g/mol. The third-order valence-corrected chi connectivity index (χ3v) is 21.8. The van der Waals surface area contributed by atoms with Gasteiger partial charge in [-0.05, 0) is 214 Å². The van der Waals surface area contributed by atoms with E-state index >= 15 is 0 Å². The second kappa shape index (κ2) is 53.4. The highest BCUT2D eigenvalue weighted by molar-refractivity contribution is 6.36. The van der Waals surface area contributed by atoms with Crippen LogP contribution < -0.4 is 36.6 Å². The minimum Gasteiger partial charge on any atom is -0.497 e. The molecule has 0 atom stereocenters. The van der Waals surface area contributed by atoms with Gasteiger partial charge in [-0.25, -0.2) is 28.8 Å². The largest absolute Gasteiger partial charge is 0.497 e. The summed E-state index contributed by atoms with van der Waals surface area (Å²) in [6, 6.07) is 62.9. The topological polar surface area (TPSA) is 510 Å². The molecular formula is C103H86Cl6N6O25. The number of hydrogen-bond donors (Lipinski definition) is 12. The van der Waals surface area contributed by atoms with Crippen molar-refractivity contribution in [1.82, 2.24) is 31.9 Å². The summed E-state index contributed by atoms with van der Waals surface area (Å²) in [6.07, 6.45) is 0. The molecule has 12 N–H and O–H groups in total. The molecule has 0 aromatic heterocycles. The van der Waals surface area contributed by atoms with Crippen LogP contribution in [0.5, 0.6) is 5.75 Å². The summed E-state index contributed by atoms with van der Waals surface area (Å²) < 4.78 is 5.03. The molecule has 31 nitrogen and oxygen atoms in total. The van der Waals surface area contributed by atoms with Gasteiger partial charge >= 0.3 is 35.8 Å². The first-order valence-corrected chi connectivity index (χ1v) is 43.6. The average Bonchev–Trinajstić information content (AvgIpc) is 0.825. The zero-order chi connectivity index (χ0) is 103. The van der Waals surface area contributed by atoms with Crippen LogP contribution in [0.1, 0.15) is 261 Å². The van der Waals surface area contributed by atoms with Crippen LogP contribution in [0.25, 0.3) is 0 Å². The van der Waals surface area contributed by atoms with Crippen LogP contribution in [0, 0.1) is 0 Å². The molecule has 0 radical (unpaired) electrons. The molecule has 0 bridgehead atoms. The fourth-order valence-electron chi connectivity index (χ4n) is 12.6. The summed E-state index contributed by atoms with van der Waals surface area (Å²) in [5.74, 6) is -9.87. The standard InChI is InChI=1S/C18H17NO5.C17H13Cl2NO4.4C17H14ClNO4/c1-11(20)13-5-3-12(4-6-13)10-19-17(21)16-9-14(24-2)7-8-15(16)18(22)23;1-9(21)13-5-4-12(18)7-14(13)16(22)20-8-11-3-2-10(17(23)24)6-15(11)19;1-10(20)15-8-13(18)6-7-14(15)16(21)19-9-11-2-4-12(5-3-11)17(22)23;1-10(20)15-13(3-2-4-14(15)18)16(21)19-9-11-5-7-12(8-6-11)17(22)23;1-10(20)13-3-2-4-14(18)15(13)16(21)19-9-11-5-7-12(8-6-11)17(22)23;1-10(20)13-4-2-3-5-14(13)16(21)19-9-12-7-6-11(17(22)23)8-15(12)18/h3-9H,10H2,1-2H3,(H,19,21)(H,22,23);2-7H,8H2,1H3,(H,20,22)(H,23,24);4*2-8H,9H2,1H3,(H,19,21)(H,22,23). The summed E-state index contributed by atoms with van der Waals surface area (Å²) in [7, 11) is 1.44. The Balaban J connectivity index is 0.000000228. The van der Waals surface area contributed by atoms with Gasteiger partial charge in [-0.1, -0.05) is 179 Å². The Morgan fingerprint density at radius 1 is 0.229 bits per heavy atom. The van der Waals surface area contributed by atoms with Crippen LogP contribution in [0.2, 0.25) is 30.1 Å². The number of aromatic carboxylic acids is 6. The number of Topliss-reactive ketones (excluding diaryl/α,β-unsaturated/α-hetero) is 6. The second-order valence-electron chi connectivity index (χ2n) is 29.8. The summed E-state index contributed by atoms with van der Waals surface area (Å²) in [4.78, 5) is 208. The number of ketones is 6. The summed E-state index contributed by atoms with van der Waals surface area (Å²) >= 11 is 35.8. The quantitative estimate of drug-likeness (QED) is 0.0180.